The molecule has 0 aliphatic heterocycles. The van der Waals surface area contributed by atoms with Crippen LogP contribution in [0.5, 0.6) is 0 Å². The fourth-order valence-electron chi connectivity index (χ4n) is 4.35. The summed E-state index contributed by atoms with van der Waals surface area (Å²) in [4.78, 5) is -1.20. The van der Waals surface area contributed by atoms with Gasteiger partial charge in [-0.2, -0.15) is 16.8 Å². The van der Waals surface area contributed by atoms with Gasteiger partial charge in [0.2, 0.25) is 0 Å². The molecule has 0 aliphatic rings. The molecule has 6 nitrogen and oxygen atoms in total. The summed E-state index contributed by atoms with van der Waals surface area (Å²) in [5.41, 5.74) is 0.688. The maximum atomic E-state index is 13.0. The standard InChI is InChI=1S/C28H42O6S2/c1-2-3-4-5-6-7-8-9-10-11-12-13-14-18-24-34-36(32,33)28-26(25-20-16-15-17-21-25)22-19-23-27(28)35(29,30)31/h15-17,19-23H,2-14,18,24H2,1H3,(H,29,30,31). The van der Waals surface area contributed by atoms with E-state index in [-0.39, 0.29) is 12.2 Å². The fraction of sp³-hybridized carbons (Fsp3) is 0.571. The van der Waals surface area contributed by atoms with Crippen LogP contribution in [0.25, 0.3) is 11.1 Å². The Balaban J connectivity index is 1.77. The van der Waals surface area contributed by atoms with Crippen molar-refractivity contribution in [3.05, 3.63) is 48.5 Å². The minimum atomic E-state index is -4.77. The Kier molecular flexibility index (Phi) is 13.7. The van der Waals surface area contributed by atoms with Crippen LogP contribution in [0.4, 0.5) is 0 Å². The Hall–Kier alpha value is -1.74. The largest absolute Gasteiger partial charge is 0.299 e. The fourth-order valence-corrected chi connectivity index (χ4v) is 6.79. The molecule has 8 heteroatoms. The molecule has 1 N–H and O–H groups in total. The number of hydrogen-bond acceptors (Lipinski definition) is 5. The summed E-state index contributed by atoms with van der Waals surface area (Å²) >= 11 is 0. The van der Waals surface area contributed by atoms with Crippen molar-refractivity contribution in [3.63, 3.8) is 0 Å². The number of rotatable bonds is 19. The summed E-state index contributed by atoms with van der Waals surface area (Å²) in [5, 5.41) is 0. The SMILES string of the molecule is CCCCCCCCCCCCCCCCOS(=O)(=O)c1c(-c2ccccc2)cccc1S(=O)(=O)O. The van der Waals surface area contributed by atoms with Crippen LogP contribution in [0.15, 0.2) is 58.3 Å². The molecule has 0 aromatic heterocycles. The van der Waals surface area contributed by atoms with Gasteiger partial charge < -0.3 is 0 Å². The summed E-state index contributed by atoms with van der Waals surface area (Å²) in [7, 11) is -9.18. The van der Waals surface area contributed by atoms with Crippen molar-refractivity contribution in [1.29, 1.82) is 0 Å². The molecule has 2 aromatic carbocycles. The first-order valence-corrected chi connectivity index (χ1v) is 16.2. The summed E-state index contributed by atoms with van der Waals surface area (Å²) in [6.07, 6.45) is 16.6. The van der Waals surface area contributed by atoms with E-state index in [0.717, 1.165) is 25.3 Å². The van der Waals surface area contributed by atoms with Crippen molar-refractivity contribution < 1.29 is 25.6 Å². The second-order valence-electron chi connectivity index (χ2n) is 9.35. The van der Waals surface area contributed by atoms with Crippen LogP contribution >= 0.6 is 0 Å². The van der Waals surface area contributed by atoms with Gasteiger partial charge in [-0.25, -0.2) is 0 Å². The van der Waals surface area contributed by atoms with E-state index in [1.165, 1.54) is 76.3 Å². The molecule has 0 saturated carbocycles. The highest BCUT2D eigenvalue weighted by Crippen LogP contribution is 2.33. The van der Waals surface area contributed by atoms with Gasteiger partial charge >= 0.3 is 0 Å². The molecule has 0 aliphatic carbocycles. The summed E-state index contributed by atoms with van der Waals surface area (Å²) in [6.45, 7) is 2.21. The predicted molar refractivity (Wildman–Crippen MR) is 145 cm³/mol. The maximum absolute atomic E-state index is 13.0. The highest BCUT2D eigenvalue weighted by molar-refractivity contribution is 7.89. The summed E-state index contributed by atoms with van der Waals surface area (Å²) < 4.78 is 64.8. The number of hydrogen-bond donors (Lipinski definition) is 1. The number of unbranched alkanes of at least 4 members (excludes halogenated alkanes) is 13. The predicted octanol–water partition coefficient (Wildman–Crippen LogP) is 7.79. The lowest BCUT2D eigenvalue weighted by atomic mass is 10.0. The van der Waals surface area contributed by atoms with E-state index in [9.17, 15) is 21.4 Å². The molecule has 0 saturated heterocycles. The Morgan fingerprint density at radius 2 is 1.14 bits per heavy atom. The van der Waals surface area contributed by atoms with Gasteiger partial charge in [0.15, 0.2) is 0 Å². The van der Waals surface area contributed by atoms with E-state index in [2.05, 4.69) is 6.92 Å². The van der Waals surface area contributed by atoms with E-state index in [1.807, 2.05) is 0 Å². The first kappa shape index (κ1) is 30.5. The summed E-state index contributed by atoms with van der Waals surface area (Å²) in [6, 6.07) is 12.6. The van der Waals surface area contributed by atoms with E-state index >= 15 is 0 Å². The minimum Gasteiger partial charge on any atom is -0.282 e. The van der Waals surface area contributed by atoms with Crippen LogP contribution < -0.4 is 0 Å². The molecule has 202 valence electrons. The maximum Gasteiger partial charge on any atom is 0.299 e. The minimum absolute atomic E-state index is 0.0333. The second kappa shape index (κ2) is 16.2. The lowest BCUT2D eigenvalue weighted by molar-refractivity contribution is 0.305. The van der Waals surface area contributed by atoms with E-state index in [0.29, 0.717) is 12.0 Å². The normalized spacial score (nSPS) is 12.2. The first-order chi connectivity index (χ1) is 17.3. The van der Waals surface area contributed by atoms with Crippen molar-refractivity contribution >= 4 is 20.2 Å². The quantitative estimate of drug-likeness (QED) is 0.111. The smallest absolute Gasteiger partial charge is 0.282 e. The Morgan fingerprint density at radius 1 is 0.639 bits per heavy atom. The lowest BCUT2D eigenvalue weighted by Gasteiger charge is -2.14. The van der Waals surface area contributed by atoms with Crippen molar-refractivity contribution in [2.75, 3.05) is 6.61 Å². The topological polar surface area (TPSA) is 97.7 Å². The highest BCUT2D eigenvalue weighted by atomic mass is 32.2. The molecule has 36 heavy (non-hydrogen) atoms. The van der Waals surface area contributed by atoms with Gasteiger partial charge in [0, 0.05) is 5.56 Å². The van der Waals surface area contributed by atoms with Gasteiger partial charge in [-0.05, 0) is 18.1 Å². The van der Waals surface area contributed by atoms with Crippen molar-refractivity contribution in [2.45, 2.75) is 107 Å². The zero-order valence-corrected chi connectivity index (χ0v) is 23.2. The molecule has 0 atom stereocenters. The van der Waals surface area contributed by atoms with Crippen molar-refractivity contribution in [2.24, 2.45) is 0 Å². The molecular formula is C28H42O6S2. The Morgan fingerprint density at radius 3 is 1.64 bits per heavy atom. The first-order valence-electron chi connectivity index (χ1n) is 13.3. The summed E-state index contributed by atoms with van der Waals surface area (Å²) in [5.74, 6) is 0. The monoisotopic (exact) mass is 538 g/mol. The molecule has 0 spiro atoms. The van der Waals surface area contributed by atoms with E-state index in [4.69, 9.17) is 4.18 Å². The van der Waals surface area contributed by atoms with Crippen molar-refractivity contribution in [3.8, 4) is 11.1 Å². The third kappa shape index (κ3) is 10.7. The van der Waals surface area contributed by atoms with Crippen LogP contribution in [-0.4, -0.2) is 28.0 Å². The van der Waals surface area contributed by atoms with Gasteiger partial charge in [-0.3, -0.25) is 8.74 Å². The van der Waals surface area contributed by atoms with Crippen LogP contribution in [-0.2, 0) is 24.4 Å². The molecule has 0 unspecified atom stereocenters. The Labute approximate surface area is 218 Å². The van der Waals surface area contributed by atoms with Crippen LogP contribution in [0.2, 0.25) is 0 Å². The Bertz CT molecular complexity index is 1100. The van der Waals surface area contributed by atoms with Crippen LogP contribution in [0.1, 0.15) is 96.8 Å². The zero-order valence-electron chi connectivity index (χ0n) is 21.5. The number of benzene rings is 2. The highest BCUT2D eigenvalue weighted by Gasteiger charge is 2.29. The third-order valence-electron chi connectivity index (χ3n) is 6.33. The molecule has 0 fully saturated rings. The van der Waals surface area contributed by atoms with Gasteiger partial charge in [0.25, 0.3) is 20.2 Å². The van der Waals surface area contributed by atoms with Crippen LogP contribution in [0, 0.1) is 0 Å². The van der Waals surface area contributed by atoms with Crippen LogP contribution in [0.3, 0.4) is 0 Å². The molecule has 0 bridgehead atoms. The molecule has 2 rings (SSSR count). The van der Waals surface area contributed by atoms with Gasteiger partial charge in [-0.15, -0.1) is 0 Å². The van der Waals surface area contributed by atoms with Gasteiger partial charge in [0.05, 0.1) is 6.61 Å². The van der Waals surface area contributed by atoms with Crippen molar-refractivity contribution in [1.82, 2.24) is 0 Å². The molecule has 0 heterocycles. The van der Waals surface area contributed by atoms with Gasteiger partial charge in [-0.1, -0.05) is 133 Å². The van der Waals surface area contributed by atoms with E-state index < -0.39 is 30.0 Å². The zero-order chi connectivity index (χ0) is 26.3. The third-order valence-corrected chi connectivity index (χ3v) is 8.77. The average molecular weight is 539 g/mol. The second-order valence-corrected chi connectivity index (χ2v) is 12.3. The lowest BCUT2D eigenvalue weighted by Crippen LogP contribution is -2.14. The molecule has 2 aromatic rings. The molecular weight excluding hydrogens is 496 g/mol. The van der Waals surface area contributed by atoms with E-state index in [1.54, 1.807) is 30.3 Å². The molecule has 0 amide bonds. The molecule has 0 radical (unpaired) electrons. The van der Waals surface area contributed by atoms with Gasteiger partial charge in [0.1, 0.15) is 9.79 Å². The average Bonchev–Trinajstić information content (AvgIpc) is 2.86.